The second-order valence-electron chi connectivity index (χ2n) is 14.1. The summed E-state index contributed by atoms with van der Waals surface area (Å²) in [5, 5.41) is 14.7. The number of amides is 2. The molecule has 15 heteroatoms. The molecule has 0 saturated carbocycles. The molecule has 3 atom stereocenters. The van der Waals surface area contributed by atoms with E-state index in [1.165, 1.54) is 0 Å². The van der Waals surface area contributed by atoms with Gasteiger partial charge in [0, 0.05) is 43.3 Å². The Morgan fingerprint density at radius 2 is 1.63 bits per heavy atom. The number of hydrogen-bond acceptors (Lipinski definition) is 6. The van der Waals surface area contributed by atoms with E-state index in [1.54, 1.807) is 19.1 Å². The minimum absolute atomic E-state index is 0.0318. The molecule has 2 aromatic carbocycles. The van der Waals surface area contributed by atoms with Crippen LogP contribution in [0.2, 0.25) is 5.02 Å². The lowest BCUT2D eigenvalue weighted by molar-refractivity contribution is -0.144. The van der Waals surface area contributed by atoms with Crippen molar-refractivity contribution in [3.63, 3.8) is 0 Å². The number of rotatable bonds is 13. The maximum atomic E-state index is 14.6. The van der Waals surface area contributed by atoms with E-state index in [0.29, 0.717) is 53.5 Å². The third-order valence-electron chi connectivity index (χ3n) is 8.94. The molecular formula is C39H49ClF4N4O6. The Kier molecular flexibility index (Phi) is 15.8. The number of carboxylic acid groups (broad SMARTS) is 1. The molecule has 1 fully saturated rings. The number of benzene rings is 2. The first-order chi connectivity index (χ1) is 25.2. The summed E-state index contributed by atoms with van der Waals surface area (Å²) in [6.07, 6.45) is -4.05. The summed E-state index contributed by atoms with van der Waals surface area (Å²) in [5.41, 5.74) is 1.82. The number of nitrogens with zero attached hydrogens (tertiary/aromatic N) is 2. The fourth-order valence-electron chi connectivity index (χ4n) is 6.57. The molecular weight excluding hydrogens is 732 g/mol. The number of morpholine rings is 1. The first-order valence-corrected chi connectivity index (χ1v) is 18.1. The van der Waals surface area contributed by atoms with Crippen LogP contribution in [0.1, 0.15) is 84.9 Å². The quantitative estimate of drug-likeness (QED) is 0.125. The van der Waals surface area contributed by atoms with Gasteiger partial charge in [-0.2, -0.15) is 13.2 Å². The van der Waals surface area contributed by atoms with Crippen molar-refractivity contribution in [2.45, 2.75) is 92.3 Å². The van der Waals surface area contributed by atoms with Crippen molar-refractivity contribution in [2.75, 3.05) is 26.2 Å². The number of carboxylic acids is 1. The largest absolute Gasteiger partial charge is 0.481 e. The van der Waals surface area contributed by atoms with Gasteiger partial charge < -0.3 is 25.0 Å². The van der Waals surface area contributed by atoms with Gasteiger partial charge in [-0.15, -0.1) is 0 Å². The fourth-order valence-corrected chi connectivity index (χ4v) is 6.90. The molecule has 2 amide bonds. The van der Waals surface area contributed by atoms with E-state index >= 15 is 0 Å². The van der Waals surface area contributed by atoms with Crippen molar-refractivity contribution in [3.8, 4) is 11.1 Å². The highest BCUT2D eigenvalue weighted by Crippen LogP contribution is 2.34. The summed E-state index contributed by atoms with van der Waals surface area (Å²) in [5.74, 6) is -1.93. The average Bonchev–Trinajstić information content (AvgIpc) is 3.04. The lowest BCUT2D eigenvalue weighted by Gasteiger charge is -2.35. The minimum atomic E-state index is -4.68. The number of halogens is 5. The molecule has 1 aromatic heterocycles. The smallest absolute Gasteiger partial charge is 0.431 e. The molecule has 3 aromatic rings. The van der Waals surface area contributed by atoms with Gasteiger partial charge in [0.25, 0.3) is 11.5 Å². The second-order valence-corrected chi connectivity index (χ2v) is 14.5. The molecule has 3 N–H and O–H groups in total. The van der Waals surface area contributed by atoms with Gasteiger partial charge in [-0.05, 0) is 111 Å². The Balaban J connectivity index is 0.000000294. The zero-order chi connectivity index (χ0) is 40.5. The lowest BCUT2D eigenvalue weighted by Crippen LogP contribution is -2.47. The number of aromatic nitrogens is 1. The number of hydrogen-bond donors (Lipinski definition) is 3. The molecule has 2 heterocycles. The van der Waals surface area contributed by atoms with Crippen LogP contribution in [0.3, 0.4) is 0 Å². The number of carbonyl (C=O) groups is 3. The molecule has 1 aliphatic rings. The van der Waals surface area contributed by atoms with Crippen LogP contribution in [0.4, 0.5) is 17.6 Å². The number of aliphatic carboxylic acids is 1. The van der Waals surface area contributed by atoms with E-state index in [9.17, 15) is 36.7 Å². The normalized spacial score (nSPS) is 16.7. The van der Waals surface area contributed by atoms with Crippen molar-refractivity contribution < 1.29 is 41.8 Å². The Labute approximate surface area is 317 Å². The van der Waals surface area contributed by atoms with Gasteiger partial charge in [-0.1, -0.05) is 25.4 Å². The summed E-state index contributed by atoms with van der Waals surface area (Å²) in [4.78, 5) is 48.9. The van der Waals surface area contributed by atoms with Gasteiger partial charge in [-0.3, -0.25) is 24.1 Å². The predicted octanol–water partition coefficient (Wildman–Crippen LogP) is 7.09. The first kappa shape index (κ1) is 44.1. The molecule has 10 nitrogen and oxygen atoms in total. The Hall–Kier alpha value is -4.27. The van der Waals surface area contributed by atoms with Gasteiger partial charge in [0.1, 0.15) is 17.1 Å². The molecule has 0 bridgehead atoms. The lowest BCUT2D eigenvalue weighted by atomic mass is 9.90. The predicted molar refractivity (Wildman–Crippen MR) is 199 cm³/mol. The molecule has 1 aliphatic heterocycles. The monoisotopic (exact) mass is 780 g/mol. The molecule has 54 heavy (non-hydrogen) atoms. The van der Waals surface area contributed by atoms with Crippen LogP contribution in [0.15, 0.2) is 41.2 Å². The molecule has 296 valence electrons. The van der Waals surface area contributed by atoms with Gasteiger partial charge >= 0.3 is 12.1 Å². The van der Waals surface area contributed by atoms with E-state index in [0.717, 1.165) is 34.4 Å². The number of ether oxygens (including phenoxy) is 1. The molecule has 0 spiro atoms. The molecule has 0 aliphatic carbocycles. The van der Waals surface area contributed by atoms with E-state index < -0.39 is 47.6 Å². The van der Waals surface area contributed by atoms with Gasteiger partial charge in [0.05, 0.1) is 24.7 Å². The molecule has 0 unspecified atom stereocenters. The maximum Gasteiger partial charge on any atom is 0.431 e. The summed E-state index contributed by atoms with van der Waals surface area (Å²) in [6, 6.07) is 7.77. The van der Waals surface area contributed by atoms with Crippen molar-refractivity contribution in [1.82, 2.24) is 20.1 Å². The zero-order valence-electron chi connectivity index (χ0n) is 31.6. The number of alkyl halides is 3. The van der Waals surface area contributed by atoms with Crippen LogP contribution >= 0.6 is 11.6 Å². The van der Waals surface area contributed by atoms with Crippen molar-refractivity contribution >= 4 is 29.9 Å². The average molecular weight is 781 g/mol. The van der Waals surface area contributed by atoms with Crippen LogP contribution < -0.4 is 16.2 Å². The Bertz CT molecular complexity index is 1830. The Morgan fingerprint density at radius 3 is 2.17 bits per heavy atom. The molecule has 4 rings (SSSR count). The number of pyridine rings is 1. The fraction of sp³-hybridized carbons (Fsp3) is 0.487. The molecule has 0 radical (unpaired) electrons. The highest BCUT2D eigenvalue weighted by atomic mass is 35.5. The third-order valence-corrected chi connectivity index (χ3v) is 9.16. The molecule has 1 saturated heterocycles. The summed E-state index contributed by atoms with van der Waals surface area (Å²) < 4.78 is 61.3. The summed E-state index contributed by atoms with van der Waals surface area (Å²) in [6.45, 7) is 14.8. The van der Waals surface area contributed by atoms with Crippen LogP contribution in [0.5, 0.6) is 0 Å². The van der Waals surface area contributed by atoms with Crippen LogP contribution in [-0.4, -0.2) is 71.2 Å². The summed E-state index contributed by atoms with van der Waals surface area (Å²) >= 11 is 6.07. The highest BCUT2D eigenvalue weighted by Gasteiger charge is 2.35. The maximum absolute atomic E-state index is 14.6. The van der Waals surface area contributed by atoms with Crippen LogP contribution in [0, 0.1) is 32.5 Å². The standard InChI is InChI=1S/C20H30F3N3O3.C19H19ClFNO3/c1-13(2)7-8-24-18(27)16-5-6-17(20(21,22)23)26(19(16)28)10-9-25-11-14(3)29-15(4)12-25;1-10-5-14(20)6-11(2)18(10)13-4-12(3)19(21)15(7-13)16(22-9-23)8-17(24)25/h5-6,13-15H,7-12H2,1-4H3,(H,24,27);4-7,9,16H,8H2,1-3H3,(H,22,23)(H,24,25)/t14-,15+;16-/m.0/s1. The van der Waals surface area contributed by atoms with Gasteiger partial charge in [-0.25, -0.2) is 4.39 Å². The SMILES string of the molecule is CC(C)CCNC(=O)c1ccc(C(F)(F)F)n(CCN2C[C@@H](C)O[C@@H](C)C2)c1=O.Cc1cc(-c2c(C)cc(Cl)cc2C)cc([C@H](CC(=O)O)NC=O)c1F. The number of nitrogens with one attached hydrogen (secondary N) is 2. The van der Waals surface area contributed by atoms with Crippen molar-refractivity contribution in [3.05, 3.63) is 91.1 Å². The number of carbonyl (C=O) groups excluding carboxylic acids is 2. The van der Waals surface area contributed by atoms with E-state index in [-0.39, 0.29) is 36.4 Å². The van der Waals surface area contributed by atoms with Crippen molar-refractivity contribution in [1.29, 1.82) is 0 Å². The van der Waals surface area contributed by atoms with E-state index in [2.05, 4.69) is 10.6 Å². The number of aryl methyl sites for hydroxylation is 3. The van der Waals surface area contributed by atoms with Gasteiger partial charge in [0.2, 0.25) is 6.41 Å². The highest BCUT2D eigenvalue weighted by molar-refractivity contribution is 6.30. The topological polar surface area (TPSA) is 130 Å². The first-order valence-electron chi connectivity index (χ1n) is 17.7. The van der Waals surface area contributed by atoms with Crippen LogP contribution in [-0.2, 0) is 27.0 Å². The summed E-state index contributed by atoms with van der Waals surface area (Å²) in [7, 11) is 0. The van der Waals surface area contributed by atoms with E-state index in [1.807, 2.05) is 58.6 Å². The van der Waals surface area contributed by atoms with Gasteiger partial charge in [0.15, 0.2) is 0 Å². The zero-order valence-corrected chi connectivity index (χ0v) is 32.3. The van der Waals surface area contributed by atoms with Crippen LogP contribution in [0.25, 0.3) is 11.1 Å². The van der Waals surface area contributed by atoms with E-state index in [4.69, 9.17) is 21.4 Å². The van der Waals surface area contributed by atoms with Crippen molar-refractivity contribution in [2.24, 2.45) is 5.92 Å². The second kappa shape index (κ2) is 19.4. The third kappa shape index (κ3) is 12.1. The Morgan fingerprint density at radius 1 is 1.02 bits per heavy atom. The minimum Gasteiger partial charge on any atom is -0.481 e.